The first-order chi connectivity index (χ1) is 8.29. The molecule has 5 heteroatoms. The van der Waals surface area contributed by atoms with Gasteiger partial charge in [0.1, 0.15) is 0 Å². The van der Waals surface area contributed by atoms with E-state index in [1.807, 2.05) is 18.3 Å². The van der Waals surface area contributed by atoms with Crippen molar-refractivity contribution in [3.63, 3.8) is 0 Å². The summed E-state index contributed by atoms with van der Waals surface area (Å²) in [4.78, 5) is 4.54. The molecule has 0 bridgehead atoms. The zero-order valence-corrected chi connectivity index (χ0v) is 9.58. The Morgan fingerprint density at radius 3 is 3.00 bits per heavy atom. The second-order valence-electron chi connectivity index (χ2n) is 4.58. The zero-order chi connectivity index (χ0) is 11.8. The fourth-order valence-corrected chi connectivity index (χ4v) is 2.17. The number of nitrogens with two attached hydrogens (primary N) is 1. The van der Waals surface area contributed by atoms with E-state index in [2.05, 4.69) is 10.1 Å². The lowest BCUT2D eigenvalue weighted by atomic mass is 9.85. The third-order valence-corrected chi connectivity index (χ3v) is 3.46. The van der Waals surface area contributed by atoms with E-state index < -0.39 is 6.10 Å². The van der Waals surface area contributed by atoms with E-state index in [1.54, 1.807) is 4.52 Å². The van der Waals surface area contributed by atoms with Gasteiger partial charge in [0.05, 0.1) is 6.10 Å². The van der Waals surface area contributed by atoms with Crippen molar-refractivity contribution in [3.8, 4) is 0 Å². The molecule has 3 rings (SSSR count). The first-order valence-corrected chi connectivity index (χ1v) is 6.03. The first-order valence-electron chi connectivity index (χ1n) is 6.03. The van der Waals surface area contributed by atoms with Crippen LogP contribution in [0, 0.1) is 0 Å². The Balaban J connectivity index is 2.07. The van der Waals surface area contributed by atoms with E-state index >= 15 is 0 Å². The fraction of sp³-hybridized carbons (Fsp3) is 0.500. The lowest BCUT2D eigenvalue weighted by Crippen LogP contribution is -2.12. The van der Waals surface area contributed by atoms with Gasteiger partial charge >= 0.3 is 0 Å². The van der Waals surface area contributed by atoms with Gasteiger partial charge in [0, 0.05) is 24.2 Å². The number of aliphatic hydroxyl groups is 1. The summed E-state index contributed by atoms with van der Waals surface area (Å²) in [7, 11) is 0. The highest BCUT2D eigenvalue weighted by atomic mass is 16.3. The Morgan fingerprint density at radius 2 is 2.35 bits per heavy atom. The van der Waals surface area contributed by atoms with Crippen LogP contribution in [0.3, 0.4) is 0 Å². The number of aliphatic hydroxyl groups excluding tert-OH is 1. The number of pyridine rings is 1. The van der Waals surface area contributed by atoms with Crippen molar-refractivity contribution in [2.24, 2.45) is 5.73 Å². The summed E-state index contributed by atoms with van der Waals surface area (Å²) in [6, 6.07) is 3.71. The lowest BCUT2D eigenvalue weighted by Gasteiger charge is -2.21. The average Bonchev–Trinajstić information content (AvgIpc) is 2.68. The molecule has 1 atom stereocenters. The van der Waals surface area contributed by atoms with Gasteiger partial charge in [-0.2, -0.15) is 5.10 Å². The van der Waals surface area contributed by atoms with Crippen molar-refractivity contribution >= 4 is 5.65 Å². The number of nitrogens with zero attached hydrogens (tertiary/aromatic N) is 3. The molecule has 0 saturated heterocycles. The van der Waals surface area contributed by atoms with Crippen molar-refractivity contribution in [1.82, 2.24) is 14.6 Å². The topological polar surface area (TPSA) is 76.4 Å². The monoisotopic (exact) mass is 232 g/mol. The molecule has 0 amide bonds. The minimum atomic E-state index is -0.669. The molecule has 0 spiro atoms. The molecule has 0 radical (unpaired) electrons. The molecule has 1 unspecified atom stereocenters. The highest BCUT2D eigenvalue weighted by Gasteiger charge is 2.24. The molecule has 5 nitrogen and oxygen atoms in total. The molecule has 1 fully saturated rings. The molecular formula is C12H16N4O. The number of hydrogen-bond donors (Lipinski definition) is 2. The number of fused-ring (bicyclic) bond motifs is 1. The summed E-state index contributed by atoms with van der Waals surface area (Å²) in [5, 5.41) is 14.3. The van der Waals surface area contributed by atoms with Crippen LogP contribution in [0.15, 0.2) is 18.3 Å². The molecule has 2 heterocycles. The van der Waals surface area contributed by atoms with Crippen LogP contribution in [0.25, 0.3) is 5.65 Å². The van der Waals surface area contributed by atoms with Gasteiger partial charge in [-0.3, -0.25) is 0 Å². The fourth-order valence-electron chi connectivity index (χ4n) is 2.17. The summed E-state index contributed by atoms with van der Waals surface area (Å²) < 4.78 is 1.74. The minimum absolute atomic E-state index is 0.200. The van der Waals surface area contributed by atoms with E-state index in [-0.39, 0.29) is 6.54 Å². The normalized spacial score (nSPS) is 18.2. The zero-order valence-electron chi connectivity index (χ0n) is 9.58. The van der Waals surface area contributed by atoms with Gasteiger partial charge in [0.25, 0.3) is 0 Å². The maximum absolute atomic E-state index is 9.84. The largest absolute Gasteiger partial charge is 0.387 e. The predicted molar refractivity (Wildman–Crippen MR) is 63.6 cm³/mol. The molecule has 1 aliphatic rings. The van der Waals surface area contributed by atoms with Crippen LogP contribution in [0.2, 0.25) is 0 Å². The molecule has 90 valence electrons. The van der Waals surface area contributed by atoms with E-state index in [4.69, 9.17) is 5.73 Å². The molecule has 0 aliphatic heterocycles. The highest BCUT2D eigenvalue weighted by Crippen LogP contribution is 2.34. The maximum atomic E-state index is 9.84. The molecule has 2 aromatic rings. The van der Waals surface area contributed by atoms with Gasteiger partial charge in [-0.15, -0.1) is 0 Å². The van der Waals surface area contributed by atoms with E-state index in [9.17, 15) is 5.11 Å². The number of hydrogen-bond acceptors (Lipinski definition) is 4. The molecule has 3 N–H and O–H groups in total. The Hall–Kier alpha value is -1.46. The third-order valence-electron chi connectivity index (χ3n) is 3.46. The van der Waals surface area contributed by atoms with Crippen molar-refractivity contribution < 1.29 is 5.11 Å². The number of aromatic nitrogens is 3. The van der Waals surface area contributed by atoms with Crippen molar-refractivity contribution in [3.05, 3.63) is 29.7 Å². The Morgan fingerprint density at radius 1 is 1.53 bits per heavy atom. The Labute approximate surface area is 99.3 Å². The van der Waals surface area contributed by atoms with Crippen LogP contribution in [0.1, 0.15) is 42.7 Å². The molecule has 17 heavy (non-hydrogen) atoms. The minimum Gasteiger partial charge on any atom is -0.387 e. The Bertz CT molecular complexity index is 532. The smallest absolute Gasteiger partial charge is 0.161 e. The first kappa shape index (κ1) is 10.7. The van der Waals surface area contributed by atoms with Crippen molar-refractivity contribution in [1.29, 1.82) is 0 Å². The highest BCUT2D eigenvalue weighted by molar-refractivity contribution is 5.48. The van der Waals surface area contributed by atoms with Crippen molar-refractivity contribution in [2.45, 2.75) is 31.3 Å². The summed E-state index contributed by atoms with van der Waals surface area (Å²) in [6.45, 7) is 0.200. The van der Waals surface area contributed by atoms with Gasteiger partial charge < -0.3 is 10.8 Å². The molecule has 1 saturated carbocycles. The van der Waals surface area contributed by atoms with Crippen molar-refractivity contribution in [2.75, 3.05) is 6.54 Å². The van der Waals surface area contributed by atoms with Gasteiger partial charge in [-0.05, 0) is 18.9 Å². The van der Waals surface area contributed by atoms with Crippen LogP contribution in [-0.4, -0.2) is 26.2 Å². The van der Waals surface area contributed by atoms with E-state index in [0.717, 1.165) is 17.0 Å². The molecule has 2 aromatic heterocycles. The maximum Gasteiger partial charge on any atom is 0.161 e. The summed E-state index contributed by atoms with van der Waals surface area (Å²) >= 11 is 0. The van der Waals surface area contributed by atoms with Gasteiger partial charge in [0.15, 0.2) is 11.5 Å². The number of rotatable bonds is 3. The standard InChI is InChI=1S/C12H16N4O/c13-7-10(17)9-5-2-6-16-12(9)14-11(15-16)8-3-1-4-8/h2,5-6,8,10,17H,1,3-4,7,13H2. The van der Waals surface area contributed by atoms with Crippen LogP contribution in [0.5, 0.6) is 0 Å². The Kier molecular flexibility index (Phi) is 2.57. The molecule has 0 aromatic carbocycles. The van der Waals surface area contributed by atoms with E-state index in [0.29, 0.717) is 5.92 Å². The summed E-state index contributed by atoms with van der Waals surface area (Å²) in [5.41, 5.74) is 6.98. The quantitative estimate of drug-likeness (QED) is 0.827. The third kappa shape index (κ3) is 1.71. The van der Waals surface area contributed by atoms with Crippen LogP contribution >= 0.6 is 0 Å². The van der Waals surface area contributed by atoms with E-state index in [1.165, 1.54) is 19.3 Å². The second-order valence-corrected chi connectivity index (χ2v) is 4.58. The van der Waals surface area contributed by atoms with Gasteiger partial charge in [0.2, 0.25) is 0 Å². The summed E-state index contributed by atoms with van der Waals surface area (Å²) in [6.07, 6.45) is 4.80. The molecular weight excluding hydrogens is 216 g/mol. The summed E-state index contributed by atoms with van der Waals surface area (Å²) in [5.74, 6) is 1.39. The van der Waals surface area contributed by atoms with Gasteiger partial charge in [-0.1, -0.05) is 12.5 Å². The van der Waals surface area contributed by atoms with Gasteiger partial charge in [-0.25, -0.2) is 9.50 Å². The lowest BCUT2D eigenvalue weighted by molar-refractivity contribution is 0.187. The predicted octanol–water partition coefficient (Wildman–Crippen LogP) is 0.989. The SMILES string of the molecule is NCC(O)c1cccn2nc(C3CCC3)nc12. The van der Waals surface area contributed by atoms with Crippen LogP contribution in [-0.2, 0) is 0 Å². The molecule has 1 aliphatic carbocycles. The second kappa shape index (κ2) is 4.09. The van der Waals surface area contributed by atoms with Crippen LogP contribution in [0.4, 0.5) is 0 Å². The average molecular weight is 232 g/mol. The van der Waals surface area contributed by atoms with Crippen LogP contribution < -0.4 is 5.73 Å².